The lowest BCUT2D eigenvalue weighted by Gasteiger charge is -2.35. The number of aromatic nitrogens is 3. The number of carbonyl (C=O) groups excluding carboxylic acids is 1. The average Bonchev–Trinajstić information content (AvgIpc) is 3.15. The van der Waals surface area contributed by atoms with Gasteiger partial charge in [0.2, 0.25) is 0 Å². The number of hydrogen-bond acceptors (Lipinski definition) is 7. The number of anilines is 3. The van der Waals surface area contributed by atoms with E-state index in [4.69, 9.17) is 0 Å². The highest BCUT2D eigenvalue weighted by Gasteiger charge is 2.23. The molecule has 27 heavy (non-hydrogen) atoms. The molecule has 0 unspecified atom stereocenters. The highest BCUT2D eigenvalue weighted by Crippen LogP contribution is 2.20. The van der Waals surface area contributed by atoms with Gasteiger partial charge in [0.05, 0.1) is 4.88 Å². The molecule has 138 valence electrons. The van der Waals surface area contributed by atoms with Crippen molar-refractivity contribution in [2.45, 2.75) is 6.92 Å². The zero-order chi connectivity index (χ0) is 18.6. The van der Waals surface area contributed by atoms with Gasteiger partial charge in [-0.2, -0.15) is 0 Å². The SMILES string of the molecule is Cc1csc(C(=O)N2CCN(c3ccc(Nc4ccncc4)nn3)CC2)c1. The molecule has 0 aromatic carbocycles. The molecule has 4 heterocycles. The molecule has 3 aromatic rings. The van der Waals surface area contributed by atoms with Gasteiger partial charge in [0.15, 0.2) is 11.6 Å². The summed E-state index contributed by atoms with van der Waals surface area (Å²) in [6.45, 7) is 4.89. The topological polar surface area (TPSA) is 74.2 Å². The number of thiophene rings is 1. The normalized spacial score (nSPS) is 14.3. The monoisotopic (exact) mass is 380 g/mol. The highest BCUT2D eigenvalue weighted by molar-refractivity contribution is 7.12. The van der Waals surface area contributed by atoms with Crippen LogP contribution < -0.4 is 10.2 Å². The second kappa shape index (κ2) is 7.71. The molecule has 8 heteroatoms. The number of rotatable bonds is 4. The van der Waals surface area contributed by atoms with Crippen molar-refractivity contribution < 1.29 is 4.79 Å². The molecule has 1 saturated heterocycles. The van der Waals surface area contributed by atoms with E-state index in [1.165, 1.54) is 11.3 Å². The number of nitrogens with one attached hydrogen (secondary N) is 1. The molecule has 0 radical (unpaired) electrons. The Labute approximate surface area is 161 Å². The van der Waals surface area contributed by atoms with Gasteiger partial charge in [-0.1, -0.05) is 0 Å². The lowest BCUT2D eigenvalue weighted by atomic mass is 10.2. The van der Waals surface area contributed by atoms with Crippen LogP contribution in [0, 0.1) is 6.92 Å². The fraction of sp³-hybridized carbons (Fsp3) is 0.263. The number of carbonyl (C=O) groups is 1. The van der Waals surface area contributed by atoms with E-state index in [0.717, 1.165) is 35.0 Å². The van der Waals surface area contributed by atoms with Gasteiger partial charge in [-0.25, -0.2) is 0 Å². The molecular formula is C19H20N6OS. The average molecular weight is 380 g/mol. The van der Waals surface area contributed by atoms with Gasteiger partial charge in [0, 0.05) is 44.3 Å². The third kappa shape index (κ3) is 4.06. The molecule has 0 atom stereocenters. The molecule has 7 nitrogen and oxygen atoms in total. The van der Waals surface area contributed by atoms with Crippen LogP contribution in [0.3, 0.4) is 0 Å². The summed E-state index contributed by atoms with van der Waals surface area (Å²) in [5.74, 6) is 1.64. The van der Waals surface area contributed by atoms with E-state index in [2.05, 4.69) is 25.4 Å². The third-order valence-electron chi connectivity index (χ3n) is 4.44. The first kappa shape index (κ1) is 17.4. The zero-order valence-electron chi connectivity index (χ0n) is 15.0. The Balaban J connectivity index is 1.35. The maximum Gasteiger partial charge on any atom is 0.264 e. The first-order valence-corrected chi connectivity index (χ1v) is 9.67. The Bertz CT molecular complexity index is 903. The molecule has 0 saturated carbocycles. The summed E-state index contributed by atoms with van der Waals surface area (Å²) in [7, 11) is 0. The van der Waals surface area contributed by atoms with Gasteiger partial charge < -0.3 is 15.1 Å². The Hall–Kier alpha value is -3.00. The van der Waals surface area contributed by atoms with E-state index in [-0.39, 0.29) is 5.91 Å². The van der Waals surface area contributed by atoms with E-state index in [0.29, 0.717) is 18.9 Å². The van der Waals surface area contributed by atoms with E-state index >= 15 is 0 Å². The molecule has 3 aromatic heterocycles. The first-order valence-electron chi connectivity index (χ1n) is 8.79. The number of amides is 1. The van der Waals surface area contributed by atoms with Crippen molar-refractivity contribution in [3.05, 3.63) is 58.5 Å². The molecule has 0 bridgehead atoms. The predicted molar refractivity (Wildman–Crippen MR) is 107 cm³/mol. The molecule has 1 fully saturated rings. The van der Waals surface area contributed by atoms with Crippen LogP contribution in [0.4, 0.5) is 17.3 Å². The molecule has 4 rings (SSSR count). The van der Waals surface area contributed by atoms with E-state index in [1.807, 2.05) is 47.5 Å². The number of hydrogen-bond donors (Lipinski definition) is 1. The molecule has 1 N–H and O–H groups in total. The van der Waals surface area contributed by atoms with Crippen molar-refractivity contribution in [1.82, 2.24) is 20.1 Å². The van der Waals surface area contributed by atoms with Gasteiger partial charge in [-0.15, -0.1) is 21.5 Å². The minimum atomic E-state index is 0.121. The minimum absolute atomic E-state index is 0.121. The van der Waals surface area contributed by atoms with E-state index < -0.39 is 0 Å². The van der Waals surface area contributed by atoms with Crippen LogP contribution in [-0.2, 0) is 0 Å². The highest BCUT2D eigenvalue weighted by atomic mass is 32.1. The Morgan fingerprint density at radius 3 is 2.48 bits per heavy atom. The van der Waals surface area contributed by atoms with Crippen LogP contribution in [0.5, 0.6) is 0 Å². The van der Waals surface area contributed by atoms with Gasteiger partial charge in [-0.05, 0) is 48.2 Å². The summed E-state index contributed by atoms with van der Waals surface area (Å²) in [4.78, 5) is 21.4. The molecule has 0 spiro atoms. The van der Waals surface area contributed by atoms with Crippen molar-refractivity contribution in [3.8, 4) is 0 Å². The van der Waals surface area contributed by atoms with Crippen molar-refractivity contribution in [2.24, 2.45) is 0 Å². The van der Waals surface area contributed by atoms with Crippen LogP contribution in [0.25, 0.3) is 0 Å². The van der Waals surface area contributed by atoms with Gasteiger partial charge >= 0.3 is 0 Å². The van der Waals surface area contributed by atoms with Crippen molar-refractivity contribution in [3.63, 3.8) is 0 Å². The summed E-state index contributed by atoms with van der Waals surface area (Å²) in [5, 5.41) is 13.8. The third-order valence-corrected chi connectivity index (χ3v) is 5.47. The summed E-state index contributed by atoms with van der Waals surface area (Å²) in [5.41, 5.74) is 2.06. The number of pyridine rings is 1. The standard InChI is InChI=1S/C19H20N6OS/c1-14-12-16(27-13-14)19(26)25-10-8-24(9-11-25)18-3-2-17(22-23-18)21-15-4-6-20-7-5-15/h2-7,12-13H,8-11H2,1H3,(H,20,21,22). The van der Waals surface area contributed by atoms with E-state index in [1.54, 1.807) is 12.4 Å². The van der Waals surface area contributed by atoms with Crippen LogP contribution in [-0.4, -0.2) is 52.2 Å². The van der Waals surface area contributed by atoms with Crippen LogP contribution in [0.2, 0.25) is 0 Å². The smallest absolute Gasteiger partial charge is 0.264 e. The predicted octanol–water partition coefficient (Wildman–Crippen LogP) is 2.95. The van der Waals surface area contributed by atoms with Crippen molar-refractivity contribution >= 4 is 34.6 Å². The number of nitrogens with zero attached hydrogens (tertiary/aromatic N) is 5. The molecule has 1 amide bonds. The summed E-state index contributed by atoms with van der Waals surface area (Å²) < 4.78 is 0. The largest absolute Gasteiger partial charge is 0.352 e. The van der Waals surface area contributed by atoms with Gasteiger partial charge in [-0.3, -0.25) is 9.78 Å². The molecule has 1 aliphatic heterocycles. The number of aryl methyl sites for hydroxylation is 1. The molecular weight excluding hydrogens is 360 g/mol. The van der Waals surface area contributed by atoms with Gasteiger partial charge in [0.1, 0.15) is 0 Å². The van der Waals surface area contributed by atoms with Crippen LogP contribution >= 0.6 is 11.3 Å². The zero-order valence-corrected chi connectivity index (χ0v) is 15.8. The fourth-order valence-electron chi connectivity index (χ4n) is 2.98. The molecule has 0 aliphatic carbocycles. The Morgan fingerprint density at radius 2 is 1.85 bits per heavy atom. The lowest BCUT2D eigenvalue weighted by molar-refractivity contribution is 0.0751. The second-order valence-corrected chi connectivity index (χ2v) is 7.32. The molecule has 1 aliphatic rings. The maximum atomic E-state index is 12.6. The fourth-order valence-corrected chi connectivity index (χ4v) is 3.85. The first-order chi connectivity index (χ1) is 13.2. The van der Waals surface area contributed by atoms with E-state index in [9.17, 15) is 4.79 Å². The maximum absolute atomic E-state index is 12.6. The Kier molecular flexibility index (Phi) is 4.97. The summed E-state index contributed by atoms with van der Waals surface area (Å²) in [6.07, 6.45) is 3.45. The Morgan fingerprint density at radius 1 is 1.07 bits per heavy atom. The lowest BCUT2D eigenvalue weighted by Crippen LogP contribution is -2.49. The quantitative estimate of drug-likeness (QED) is 0.750. The summed E-state index contributed by atoms with van der Waals surface area (Å²) in [6, 6.07) is 9.58. The second-order valence-electron chi connectivity index (χ2n) is 6.41. The van der Waals surface area contributed by atoms with Gasteiger partial charge in [0.25, 0.3) is 5.91 Å². The van der Waals surface area contributed by atoms with Crippen LogP contribution in [0.1, 0.15) is 15.2 Å². The van der Waals surface area contributed by atoms with Crippen LogP contribution in [0.15, 0.2) is 48.1 Å². The summed E-state index contributed by atoms with van der Waals surface area (Å²) >= 11 is 1.51. The van der Waals surface area contributed by atoms with Crippen molar-refractivity contribution in [1.29, 1.82) is 0 Å². The minimum Gasteiger partial charge on any atom is -0.352 e. The van der Waals surface area contributed by atoms with Crippen molar-refractivity contribution in [2.75, 3.05) is 36.4 Å². The number of piperazine rings is 1.